The van der Waals surface area contributed by atoms with Crippen molar-refractivity contribution in [3.8, 4) is 0 Å². The third-order valence-corrected chi connectivity index (χ3v) is 3.12. The van der Waals surface area contributed by atoms with Gasteiger partial charge in [0, 0.05) is 18.0 Å². The topological polar surface area (TPSA) is 37.8 Å². The van der Waals surface area contributed by atoms with Crippen LogP contribution in [-0.4, -0.2) is 16.5 Å². The lowest BCUT2D eigenvalue weighted by Gasteiger charge is -2.09. The molecule has 0 saturated carbocycles. The molecule has 0 unspecified atom stereocenters. The average molecular weight is 298 g/mol. The van der Waals surface area contributed by atoms with Crippen LogP contribution < -0.4 is 5.32 Å². The highest BCUT2D eigenvalue weighted by Crippen LogP contribution is 2.21. The summed E-state index contributed by atoms with van der Waals surface area (Å²) in [7, 11) is 0. The molecule has 20 heavy (non-hydrogen) atoms. The molecule has 0 aliphatic rings. The van der Waals surface area contributed by atoms with Crippen molar-refractivity contribution in [2.75, 3.05) is 11.9 Å². The quantitative estimate of drug-likeness (QED) is 0.934. The van der Waals surface area contributed by atoms with Crippen molar-refractivity contribution in [2.24, 2.45) is 0 Å². The summed E-state index contributed by atoms with van der Waals surface area (Å²) in [6.07, 6.45) is 0.318. The van der Waals surface area contributed by atoms with Gasteiger partial charge in [0.05, 0.1) is 5.69 Å². The van der Waals surface area contributed by atoms with Gasteiger partial charge in [-0.25, -0.2) is 18.7 Å². The van der Waals surface area contributed by atoms with Gasteiger partial charge < -0.3 is 5.32 Å². The van der Waals surface area contributed by atoms with E-state index in [0.717, 1.165) is 0 Å². The molecule has 0 aliphatic carbocycles. The second-order valence-corrected chi connectivity index (χ2v) is 4.74. The molecule has 0 atom stereocenters. The van der Waals surface area contributed by atoms with Crippen LogP contribution in [0.3, 0.4) is 0 Å². The number of rotatable bonds is 4. The van der Waals surface area contributed by atoms with Crippen LogP contribution in [0, 0.1) is 18.6 Å². The summed E-state index contributed by atoms with van der Waals surface area (Å²) in [4.78, 5) is 8.23. The molecule has 1 aromatic heterocycles. The maximum Gasteiger partial charge on any atom is 0.186 e. The first-order valence-corrected chi connectivity index (χ1v) is 6.60. The fourth-order valence-electron chi connectivity index (χ4n) is 1.82. The minimum Gasteiger partial charge on any atom is -0.368 e. The Kier molecular flexibility index (Phi) is 4.49. The Morgan fingerprint density at radius 1 is 1.25 bits per heavy atom. The largest absolute Gasteiger partial charge is 0.368 e. The van der Waals surface area contributed by atoms with Crippen LogP contribution in [-0.2, 0) is 6.42 Å². The summed E-state index contributed by atoms with van der Waals surface area (Å²) in [5.74, 6) is -0.245. The minimum absolute atomic E-state index is 0.174. The van der Waals surface area contributed by atoms with E-state index in [2.05, 4.69) is 15.3 Å². The Balaban J connectivity index is 2.33. The number of nitrogens with zero attached hydrogens (tertiary/aromatic N) is 2. The highest BCUT2D eigenvalue weighted by Gasteiger charge is 2.12. The lowest BCUT2D eigenvalue weighted by atomic mass is 10.1. The molecule has 106 valence electrons. The molecule has 0 spiro atoms. The monoisotopic (exact) mass is 297 g/mol. The Hall–Kier alpha value is -1.75. The maximum atomic E-state index is 13.8. The van der Waals surface area contributed by atoms with Crippen molar-refractivity contribution in [1.82, 2.24) is 9.97 Å². The van der Waals surface area contributed by atoms with E-state index in [0.29, 0.717) is 29.4 Å². The van der Waals surface area contributed by atoms with Crippen LogP contribution in [0.2, 0.25) is 5.02 Å². The van der Waals surface area contributed by atoms with Crippen molar-refractivity contribution >= 4 is 17.4 Å². The summed E-state index contributed by atoms with van der Waals surface area (Å²) in [6, 6.07) is 4.13. The van der Waals surface area contributed by atoms with Gasteiger partial charge in [-0.15, -0.1) is 0 Å². The zero-order chi connectivity index (χ0) is 14.7. The first-order chi connectivity index (χ1) is 9.51. The van der Waals surface area contributed by atoms with Gasteiger partial charge >= 0.3 is 0 Å². The zero-order valence-corrected chi connectivity index (χ0v) is 11.9. The minimum atomic E-state index is -0.458. The summed E-state index contributed by atoms with van der Waals surface area (Å²) in [6.45, 7) is 3.99. The molecule has 3 nitrogen and oxygen atoms in total. The van der Waals surface area contributed by atoms with Gasteiger partial charge in [-0.2, -0.15) is 0 Å². The van der Waals surface area contributed by atoms with E-state index in [9.17, 15) is 8.78 Å². The van der Waals surface area contributed by atoms with Crippen LogP contribution in [0.1, 0.15) is 24.0 Å². The van der Waals surface area contributed by atoms with Crippen LogP contribution >= 0.6 is 11.6 Å². The fraction of sp³-hybridized carbons (Fsp3) is 0.286. The standard InChI is InChI=1S/C14H14ClF2N3/c1-3-18-14-13(17)8(2)19-12(20-14)6-9-4-5-10(16)7-11(9)15/h4-5,7H,3,6H2,1-2H3,(H,18,19,20). The van der Waals surface area contributed by atoms with Gasteiger partial charge in [-0.1, -0.05) is 17.7 Å². The predicted molar refractivity (Wildman–Crippen MR) is 75.1 cm³/mol. The molecular weight excluding hydrogens is 284 g/mol. The summed E-state index contributed by atoms with van der Waals surface area (Å²) in [5, 5.41) is 3.15. The van der Waals surface area contributed by atoms with Crippen molar-refractivity contribution in [3.63, 3.8) is 0 Å². The molecule has 6 heteroatoms. The van der Waals surface area contributed by atoms with E-state index < -0.39 is 11.6 Å². The lowest BCUT2D eigenvalue weighted by molar-refractivity contribution is 0.601. The first kappa shape index (κ1) is 14.7. The molecule has 1 heterocycles. The third-order valence-electron chi connectivity index (χ3n) is 2.77. The van der Waals surface area contributed by atoms with E-state index in [1.165, 1.54) is 12.1 Å². The van der Waals surface area contributed by atoms with Crippen LogP contribution in [0.5, 0.6) is 0 Å². The summed E-state index contributed by atoms with van der Waals surface area (Å²) in [5.41, 5.74) is 0.964. The molecule has 0 saturated heterocycles. The van der Waals surface area contributed by atoms with Crippen molar-refractivity contribution in [3.05, 3.63) is 51.9 Å². The Morgan fingerprint density at radius 3 is 2.65 bits per heavy atom. The third kappa shape index (κ3) is 3.22. The fourth-order valence-corrected chi connectivity index (χ4v) is 2.05. The maximum absolute atomic E-state index is 13.8. The molecule has 2 rings (SSSR count). The number of aromatic nitrogens is 2. The number of benzene rings is 1. The van der Waals surface area contributed by atoms with E-state index in [4.69, 9.17) is 11.6 Å². The van der Waals surface area contributed by atoms with Gasteiger partial charge in [0.1, 0.15) is 11.6 Å². The van der Waals surface area contributed by atoms with Crippen molar-refractivity contribution < 1.29 is 8.78 Å². The number of hydrogen-bond donors (Lipinski definition) is 1. The first-order valence-electron chi connectivity index (χ1n) is 6.22. The zero-order valence-electron chi connectivity index (χ0n) is 11.2. The number of nitrogens with one attached hydrogen (secondary N) is 1. The molecule has 0 fully saturated rings. The Morgan fingerprint density at radius 2 is 2.00 bits per heavy atom. The highest BCUT2D eigenvalue weighted by atomic mass is 35.5. The number of anilines is 1. The Bertz CT molecular complexity index is 632. The summed E-state index contributed by atoms with van der Waals surface area (Å²) >= 11 is 5.97. The molecule has 1 N–H and O–H groups in total. The van der Waals surface area contributed by atoms with E-state index in [1.54, 1.807) is 13.0 Å². The van der Waals surface area contributed by atoms with E-state index in [1.807, 2.05) is 6.92 Å². The normalized spacial score (nSPS) is 10.7. The van der Waals surface area contributed by atoms with Crippen LogP contribution in [0.4, 0.5) is 14.6 Å². The van der Waals surface area contributed by atoms with E-state index in [-0.39, 0.29) is 11.5 Å². The van der Waals surface area contributed by atoms with Gasteiger partial charge in [-0.05, 0) is 31.5 Å². The molecule has 0 amide bonds. The SMILES string of the molecule is CCNc1nc(Cc2ccc(F)cc2Cl)nc(C)c1F. The smallest absolute Gasteiger partial charge is 0.186 e. The molecule has 0 aliphatic heterocycles. The van der Waals surface area contributed by atoms with E-state index >= 15 is 0 Å². The lowest BCUT2D eigenvalue weighted by Crippen LogP contribution is -2.09. The molecule has 0 radical (unpaired) electrons. The van der Waals surface area contributed by atoms with Gasteiger partial charge in [0.15, 0.2) is 11.6 Å². The number of halogens is 3. The van der Waals surface area contributed by atoms with Gasteiger partial charge in [0.25, 0.3) is 0 Å². The predicted octanol–water partition coefficient (Wildman–Crippen LogP) is 3.74. The van der Waals surface area contributed by atoms with Crippen molar-refractivity contribution in [2.45, 2.75) is 20.3 Å². The second kappa shape index (κ2) is 6.13. The number of aryl methyl sites for hydroxylation is 1. The van der Waals surface area contributed by atoms with Crippen molar-refractivity contribution in [1.29, 1.82) is 0 Å². The molecule has 1 aromatic carbocycles. The highest BCUT2D eigenvalue weighted by molar-refractivity contribution is 6.31. The average Bonchev–Trinajstić information content (AvgIpc) is 2.39. The molecular formula is C14H14ClF2N3. The number of hydrogen-bond acceptors (Lipinski definition) is 3. The van der Waals surface area contributed by atoms with Crippen LogP contribution in [0.15, 0.2) is 18.2 Å². The summed E-state index contributed by atoms with van der Waals surface area (Å²) < 4.78 is 26.8. The molecule has 0 bridgehead atoms. The molecule has 2 aromatic rings. The second-order valence-electron chi connectivity index (χ2n) is 4.33. The van der Waals surface area contributed by atoms with Gasteiger partial charge in [-0.3, -0.25) is 0 Å². The van der Waals surface area contributed by atoms with Crippen LogP contribution in [0.25, 0.3) is 0 Å². The van der Waals surface area contributed by atoms with Gasteiger partial charge in [0.2, 0.25) is 0 Å². The Labute approximate surface area is 121 Å².